The highest BCUT2D eigenvalue weighted by Crippen LogP contribution is 2.29. The summed E-state index contributed by atoms with van der Waals surface area (Å²) in [5.74, 6) is 0.808. The average Bonchev–Trinajstić information content (AvgIpc) is 3.02. The highest BCUT2D eigenvalue weighted by Gasteiger charge is 2.20. The zero-order chi connectivity index (χ0) is 11.4. The second-order valence-corrected chi connectivity index (χ2v) is 5.00. The first-order chi connectivity index (χ1) is 7.79. The molecule has 5 heteroatoms. The zero-order valence-electron chi connectivity index (χ0n) is 9.03. The number of hydrogen-bond acceptors (Lipinski definition) is 5. The molecule has 0 radical (unpaired) electrons. The number of anilines is 2. The van der Waals surface area contributed by atoms with Crippen molar-refractivity contribution in [1.82, 2.24) is 0 Å². The standard InChI is InChI=1S/C11H15N3OS/c12-6-10-9(13)5-11(16-10)14-3-4-15-7-8-1-2-8/h5,8,14H,1-4,7,13H2. The molecule has 2 rings (SSSR count). The number of nitriles is 1. The van der Waals surface area contributed by atoms with Crippen LogP contribution in [0, 0.1) is 17.2 Å². The van der Waals surface area contributed by atoms with E-state index in [2.05, 4.69) is 11.4 Å². The van der Waals surface area contributed by atoms with Crippen molar-refractivity contribution in [1.29, 1.82) is 5.26 Å². The van der Waals surface area contributed by atoms with E-state index in [1.165, 1.54) is 24.2 Å². The van der Waals surface area contributed by atoms with Crippen molar-refractivity contribution in [3.63, 3.8) is 0 Å². The normalized spacial score (nSPS) is 14.7. The van der Waals surface area contributed by atoms with Gasteiger partial charge in [0.25, 0.3) is 0 Å². The van der Waals surface area contributed by atoms with Crippen molar-refractivity contribution >= 4 is 22.0 Å². The molecular weight excluding hydrogens is 222 g/mol. The number of nitrogens with zero attached hydrogens (tertiary/aromatic N) is 1. The van der Waals surface area contributed by atoms with Crippen LogP contribution in [0.25, 0.3) is 0 Å². The van der Waals surface area contributed by atoms with Gasteiger partial charge in [0.15, 0.2) is 0 Å². The van der Waals surface area contributed by atoms with Crippen molar-refractivity contribution < 1.29 is 4.74 Å². The van der Waals surface area contributed by atoms with Gasteiger partial charge in [-0.3, -0.25) is 0 Å². The molecule has 0 aliphatic heterocycles. The first-order valence-corrected chi connectivity index (χ1v) is 6.22. The predicted octanol–water partition coefficient (Wildman–Crippen LogP) is 2.04. The fraction of sp³-hybridized carbons (Fsp3) is 0.545. The van der Waals surface area contributed by atoms with Crippen LogP contribution in [0.1, 0.15) is 17.7 Å². The van der Waals surface area contributed by atoms with Crippen molar-refractivity contribution in [2.45, 2.75) is 12.8 Å². The molecule has 0 bridgehead atoms. The van der Waals surface area contributed by atoms with E-state index in [4.69, 9.17) is 15.7 Å². The highest BCUT2D eigenvalue weighted by atomic mass is 32.1. The topological polar surface area (TPSA) is 71.1 Å². The fourth-order valence-corrected chi connectivity index (χ4v) is 2.16. The monoisotopic (exact) mass is 237 g/mol. The Bertz CT molecular complexity index is 392. The van der Waals surface area contributed by atoms with Crippen molar-refractivity contribution in [2.24, 2.45) is 5.92 Å². The van der Waals surface area contributed by atoms with Crippen LogP contribution in [0.5, 0.6) is 0 Å². The Labute approximate surface area is 99.0 Å². The van der Waals surface area contributed by atoms with Gasteiger partial charge >= 0.3 is 0 Å². The molecule has 1 aliphatic rings. The van der Waals surface area contributed by atoms with E-state index >= 15 is 0 Å². The lowest BCUT2D eigenvalue weighted by Crippen LogP contribution is -2.09. The molecule has 1 saturated carbocycles. The quantitative estimate of drug-likeness (QED) is 0.743. The second-order valence-electron chi connectivity index (χ2n) is 3.95. The molecule has 16 heavy (non-hydrogen) atoms. The molecule has 1 heterocycles. The second kappa shape index (κ2) is 5.19. The third kappa shape index (κ3) is 3.12. The Kier molecular flexibility index (Phi) is 3.65. The zero-order valence-corrected chi connectivity index (χ0v) is 9.85. The summed E-state index contributed by atoms with van der Waals surface area (Å²) >= 11 is 1.38. The number of ether oxygens (including phenoxy) is 1. The maximum Gasteiger partial charge on any atom is 0.129 e. The van der Waals surface area contributed by atoms with Gasteiger partial charge in [-0.05, 0) is 24.8 Å². The van der Waals surface area contributed by atoms with Crippen LogP contribution in [-0.4, -0.2) is 19.8 Å². The maximum atomic E-state index is 8.74. The number of hydrogen-bond donors (Lipinski definition) is 2. The van der Waals surface area contributed by atoms with Crippen molar-refractivity contribution in [2.75, 3.05) is 30.8 Å². The number of rotatable bonds is 6. The van der Waals surface area contributed by atoms with Gasteiger partial charge in [-0.15, -0.1) is 11.3 Å². The third-order valence-electron chi connectivity index (χ3n) is 2.46. The summed E-state index contributed by atoms with van der Waals surface area (Å²) in [6, 6.07) is 3.86. The molecule has 1 aromatic rings. The van der Waals surface area contributed by atoms with Crippen LogP contribution >= 0.6 is 11.3 Å². The minimum Gasteiger partial charge on any atom is -0.397 e. The number of thiophene rings is 1. The third-order valence-corrected chi connectivity index (χ3v) is 3.47. The molecule has 1 fully saturated rings. The molecule has 1 aromatic heterocycles. The van der Waals surface area contributed by atoms with Gasteiger partial charge in [-0.1, -0.05) is 0 Å². The lowest BCUT2D eigenvalue weighted by atomic mass is 10.4. The van der Waals surface area contributed by atoms with Gasteiger partial charge in [-0.25, -0.2) is 0 Å². The van der Waals surface area contributed by atoms with Crippen molar-refractivity contribution in [3.05, 3.63) is 10.9 Å². The molecule has 4 nitrogen and oxygen atoms in total. The number of nitrogen functional groups attached to an aromatic ring is 1. The largest absolute Gasteiger partial charge is 0.397 e. The fourth-order valence-electron chi connectivity index (χ4n) is 1.36. The maximum absolute atomic E-state index is 8.74. The van der Waals surface area contributed by atoms with Crippen LogP contribution in [0.3, 0.4) is 0 Å². The summed E-state index contributed by atoms with van der Waals surface area (Å²) < 4.78 is 5.49. The van der Waals surface area contributed by atoms with Gasteiger partial charge in [0.2, 0.25) is 0 Å². The average molecular weight is 237 g/mol. The summed E-state index contributed by atoms with van der Waals surface area (Å²) in [7, 11) is 0. The SMILES string of the molecule is N#Cc1sc(NCCOCC2CC2)cc1N. The molecule has 86 valence electrons. The van der Waals surface area contributed by atoms with E-state index in [1.807, 2.05) is 0 Å². The minimum atomic E-state index is 0.550. The molecule has 3 N–H and O–H groups in total. The Morgan fingerprint density at radius 2 is 2.44 bits per heavy atom. The van der Waals surface area contributed by atoms with Gasteiger partial charge in [-0.2, -0.15) is 5.26 Å². The van der Waals surface area contributed by atoms with Crippen LogP contribution in [0.4, 0.5) is 10.7 Å². The number of nitrogens with two attached hydrogens (primary N) is 1. The molecule has 0 saturated heterocycles. The van der Waals surface area contributed by atoms with Gasteiger partial charge in [0.1, 0.15) is 10.9 Å². The van der Waals surface area contributed by atoms with E-state index in [0.717, 1.165) is 24.1 Å². The van der Waals surface area contributed by atoms with E-state index in [9.17, 15) is 0 Å². The lowest BCUT2D eigenvalue weighted by Gasteiger charge is -2.04. The van der Waals surface area contributed by atoms with Crippen LogP contribution in [0.15, 0.2) is 6.07 Å². The Morgan fingerprint density at radius 1 is 1.62 bits per heavy atom. The molecule has 0 unspecified atom stereocenters. The van der Waals surface area contributed by atoms with E-state index < -0.39 is 0 Å². The number of nitrogens with one attached hydrogen (secondary N) is 1. The van der Waals surface area contributed by atoms with Crippen LogP contribution in [0.2, 0.25) is 0 Å². The van der Waals surface area contributed by atoms with Crippen molar-refractivity contribution in [3.8, 4) is 6.07 Å². The summed E-state index contributed by atoms with van der Waals surface area (Å²) in [4.78, 5) is 0.571. The molecule has 0 amide bonds. The minimum absolute atomic E-state index is 0.550. The first kappa shape index (κ1) is 11.2. The Morgan fingerprint density at radius 3 is 3.06 bits per heavy atom. The predicted molar refractivity (Wildman–Crippen MR) is 65.5 cm³/mol. The molecular formula is C11H15N3OS. The Hall–Kier alpha value is -1.25. The van der Waals surface area contributed by atoms with Gasteiger partial charge < -0.3 is 15.8 Å². The summed E-state index contributed by atoms with van der Waals surface area (Å²) in [5, 5.41) is 12.9. The highest BCUT2D eigenvalue weighted by molar-refractivity contribution is 7.17. The lowest BCUT2D eigenvalue weighted by molar-refractivity contribution is 0.134. The summed E-state index contributed by atoms with van der Waals surface area (Å²) in [6.45, 7) is 2.35. The first-order valence-electron chi connectivity index (χ1n) is 5.40. The Balaban J connectivity index is 1.66. The summed E-state index contributed by atoms with van der Waals surface area (Å²) in [6.07, 6.45) is 2.64. The van der Waals surface area contributed by atoms with Gasteiger partial charge in [0.05, 0.1) is 17.3 Å². The summed E-state index contributed by atoms with van der Waals surface area (Å²) in [5.41, 5.74) is 6.20. The van der Waals surface area contributed by atoms with E-state index in [0.29, 0.717) is 17.2 Å². The molecule has 0 spiro atoms. The van der Waals surface area contributed by atoms with E-state index in [1.54, 1.807) is 6.07 Å². The molecule has 0 aromatic carbocycles. The van der Waals surface area contributed by atoms with Crippen LogP contribution in [-0.2, 0) is 4.74 Å². The molecule has 0 atom stereocenters. The smallest absolute Gasteiger partial charge is 0.129 e. The van der Waals surface area contributed by atoms with Crippen LogP contribution < -0.4 is 11.1 Å². The van der Waals surface area contributed by atoms with E-state index in [-0.39, 0.29) is 0 Å². The van der Waals surface area contributed by atoms with Gasteiger partial charge in [0, 0.05) is 13.2 Å². The molecule has 1 aliphatic carbocycles.